The fourth-order valence-corrected chi connectivity index (χ4v) is 2.73. The molecule has 0 saturated heterocycles. The zero-order valence-electron chi connectivity index (χ0n) is 12.3. The van der Waals surface area contributed by atoms with Crippen LogP contribution in [-0.4, -0.2) is 20.7 Å². The van der Waals surface area contributed by atoms with Crippen molar-refractivity contribution in [2.75, 3.05) is 0 Å². The number of hydrogen-bond acceptors (Lipinski definition) is 2. The van der Waals surface area contributed by atoms with Gasteiger partial charge in [0, 0.05) is 30.6 Å². The number of aryl methyl sites for hydroxylation is 2. The molecule has 0 unspecified atom stereocenters. The van der Waals surface area contributed by atoms with Crippen molar-refractivity contribution >= 4 is 28.4 Å². The highest BCUT2D eigenvalue weighted by molar-refractivity contribution is 6.31. The van der Waals surface area contributed by atoms with Crippen LogP contribution < -0.4 is 5.32 Å². The monoisotopic (exact) mass is 316 g/mol. The van der Waals surface area contributed by atoms with Crippen LogP contribution in [0.25, 0.3) is 10.9 Å². The highest BCUT2D eigenvalue weighted by atomic mass is 35.5. The number of H-pyrrole nitrogens is 1. The topological polar surface area (TPSA) is 62.7 Å². The van der Waals surface area contributed by atoms with Gasteiger partial charge in [0.15, 0.2) is 0 Å². The second-order valence-electron chi connectivity index (χ2n) is 5.20. The Morgan fingerprint density at radius 3 is 3.00 bits per heavy atom. The van der Waals surface area contributed by atoms with Crippen LogP contribution in [0.1, 0.15) is 17.7 Å². The molecule has 22 heavy (non-hydrogen) atoms. The van der Waals surface area contributed by atoms with Crippen molar-refractivity contribution in [1.82, 2.24) is 20.1 Å². The fraction of sp³-hybridized carbons (Fsp3) is 0.250. The van der Waals surface area contributed by atoms with E-state index in [2.05, 4.69) is 21.5 Å². The lowest BCUT2D eigenvalue weighted by atomic mass is 10.1. The molecule has 5 nitrogen and oxygen atoms in total. The summed E-state index contributed by atoms with van der Waals surface area (Å²) < 4.78 is 1.67. The number of fused-ring (bicyclic) bond motifs is 1. The van der Waals surface area contributed by atoms with E-state index in [1.807, 2.05) is 24.4 Å². The summed E-state index contributed by atoms with van der Waals surface area (Å²) >= 11 is 6.01. The molecule has 0 aliphatic heterocycles. The van der Waals surface area contributed by atoms with E-state index >= 15 is 0 Å². The van der Waals surface area contributed by atoms with Crippen molar-refractivity contribution in [3.63, 3.8) is 0 Å². The third-order valence-corrected chi connectivity index (χ3v) is 4.08. The summed E-state index contributed by atoms with van der Waals surface area (Å²) in [6, 6.07) is 8.09. The van der Waals surface area contributed by atoms with Crippen LogP contribution in [0.4, 0.5) is 0 Å². The van der Waals surface area contributed by atoms with E-state index in [9.17, 15) is 4.79 Å². The van der Waals surface area contributed by atoms with E-state index in [0.29, 0.717) is 24.4 Å². The fourth-order valence-electron chi connectivity index (χ4n) is 2.49. The summed E-state index contributed by atoms with van der Waals surface area (Å²) in [5.41, 5.74) is 3.06. The minimum Gasteiger partial charge on any atom is -0.361 e. The van der Waals surface area contributed by atoms with Gasteiger partial charge in [-0.3, -0.25) is 9.48 Å². The van der Waals surface area contributed by atoms with Crippen LogP contribution in [0.5, 0.6) is 0 Å². The predicted octanol–water partition coefficient (Wildman–Crippen LogP) is 2.80. The molecule has 2 N–H and O–H groups in total. The molecule has 0 atom stereocenters. The van der Waals surface area contributed by atoms with Gasteiger partial charge in [-0.05, 0) is 18.1 Å². The van der Waals surface area contributed by atoms with Gasteiger partial charge in [0.1, 0.15) is 0 Å². The molecule has 3 rings (SSSR count). The lowest BCUT2D eigenvalue weighted by Gasteiger charge is -2.06. The number of nitrogens with zero attached hydrogens (tertiary/aromatic N) is 2. The standard InChI is InChI=1S/C16H17ClN4O/c1-21-15(13(17)9-20-21)10-19-16(22)7-6-11-8-18-14-5-3-2-4-12(11)14/h2-5,8-9,18H,6-7,10H2,1H3,(H,19,22). The Balaban J connectivity index is 1.56. The molecule has 0 fully saturated rings. The van der Waals surface area contributed by atoms with Crippen molar-refractivity contribution in [2.24, 2.45) is 7.05 Å². The first kappa shape index (κ1) is 14.7. The van der Waals surface area contributed by atoms with Crippen LogP contribution in [-0.2, 0) is 24.8 Å². The first-order valence-electron chi connectivity index (χ1n) is 7.13. The summed E-state index contributed by atoms with van der Waals surface area (Å²) in [7, 11) is 1.80. The third-order valence-electron chi connectivity index (χ3n) is 3.76. The zero-order valence-corrected chi connectivity index (χ0v) is 13.0. The Labute approximate surface area is 133 Å². The number of hydrogen-bond donors (Lipinski definition) is 2. The van der Waals surface area contributed by atoms with E-state index < -0.39 is 0 Å². The van der Waals surface area contributed by atoms with Crippen molar-refractivity contribution in [3.05, 3.63) is 52.9 Å². The number of aromatic nitrogens is 3. The first-order chi connectivity index (χ1) is 10.6. The number of rotatable bonds is 5. The summed E-state index contributed by atoms with van der Waals surface area (Å²) in [4.78, 5) is 15.2. The van der Waals surface area contributed by atoms with Crippen LogP contribution >= 0.6 is 11.6 Å². The molecule has 0 bridgehead atoms. The average Bonchev–Trinajstić information content (AvgIpc) is 3.07. The van der Waals surface area contributed by atoms with Gasteiger partial charge in [-0.25, -0.2) is 0 Å². The minimum atomic E-state index is 0.00236. The van der Waals surface area contributed by atoms with Crippen LogP contribution in [0.2, 0.25) is 5.02 Å². The second-order valence-corrected chi connectivity index (χ2v) is 5.61. The second kappa shape index (κ2) is 6.23. The Bertz CT molecular complexity index is 786. The molecular formula is C16H17ClN4O. The average molecular weight is 317 g/mol. The molecule has 0 aliphatic carbocycles. The zero-order chi connectivity index (χ0) is 15.5. The molecule has 3 aromatic rings. The third kappa shape index (κ3) is 2.99. The maximum atomic E-state index is 12.0. The molecule has 0 saturated carbocycles. The molecule has 1 amide bonds. The Morgan fingerprint density at radius 1 is 1.41 bits per heavy atom. The number of benzene rings is 1. The molecular weight excluding hydrogens is 300 g/mol. The van der Waals surface area contributed by atoms with E-state index in [0.717, 1.165) is 16.8 Å². The van der Waals surface area contributed by atoms with Crippen molar-refractivity contribution in [1.29, 1.82) is 0 Å². The quantitative estimate of drug-likeness (QED) is 0.760. The molecule has 2 aromatic heterocycles. The smallest absolute Gasteiger partial charge is 0.220 e. The Morgan fingerprint density at radius 2 is 2.23 bits per heavy atom. The summed E-state index contributed by atoms with van der Waals surface area (Å²) in [5.74, 6) is 0.00236. The molecule has 0 aliphatic rings. The Hall–Kier alpha value is -2.27. The number of carbonyl (C=O) groups is 1. The highest BCUT2D eigenvalue weighted by Crippen LogP contribution is 2.19. The lowest BCUT2D eigenvalue weighted by molar-refractivity contribution is -0.121. The highest BCUT2D eigenvalue weighted by Gasteiger charge is 2.09. The van der Waals surface area contributed by atoms with Gasteiger partial charge in [-0.2, -0.15) is 5.10 Å². The van der Waals surface area contributed by atoms with Crippen LogP contribution in [0.3, 0.4) is 0 Å². The largest absolute Gasteiger partial charge is 0.361 e. The predicted molar refractivity (Wildman–Crippen MR) is 86.7 cm³/mol. The molecule has 2 heterocycles. The molecule has 0 radical (unpaired) electrons. The van der Waals surface area contributed by atoms with Gasteiger partial charge < -0.3 is 10.3 Å². The van der Waals surface area contributed by atoms with Gasteiger partial charge in [-0.15, -0.1) is 0 Å². The van der Waals surface area contributed by atoms with Crippen LogP contribution in [0.15, 0.2) is 36.7 Å². The van der Waals surface area contributed by atoms with Crippen molar-refractivity contribution < 1.29 is 4.79 Å². The summed E-state index contributed by atoms with van der Waals surface area (Å²) in [5, 5.41) is 8.67. The summed E-state index contributed by atoms with van der Waals surface area (Å²) in [6.07, 6.45) is 4.69. The van der Waals surface area contributed by atoms with Gasteiger partial charge in [0.25, 0.3) is 0 Å². The van der Waals surface area contributed by atoms with E-state index in [1.165, 1.54) is 5.39 Å². The number of carbonyl (C=O) groups excluding carboxylic acids is 1. The lowest BCUT2D eigenvalue weighted by Crippen LogP contribution is -2.24. The summed E-state index contributed by atoms with van der Waals surface area (Å²) in [6.45, 7) is 0.391. The van der Waals surface area contributed by atoms with E-state index in [-0.39, 0.29) is 5.91 Å². The van der Waals surface area contributed by atoms with Crippen molar-refractivity contribution in [3.8, 4) is 0 Å². The van der Waals surface area contributed by atoms with Gasteiger partial charge in [0.2, 0.25) is 5.91 Å². The van der Waals surface area contributed by atoms with Crippen LogP contribution in [0, 0.1) is 0 Å². The van der Waals surface area contributed by atoms with E-state index in [4.69, 9.17) is 11.6 Å². The maximum absolute atomic E-state index is 12.0. The number of aromatic amines is 1. The first-order valence-corrected chi connectivity index (χ1v) is 7.51. The SMILES string of the molecule is Cn1ncc(Cl)c1CNC(=O)CCc1c[nH]c2ccccc12. The Kier molecular flexibility index (Phi) is 4.15. The van der Waals surface area contributed by atoms with E-state index in [1.54, 1.807) is 17.9 Å². The molecule has 114 valence electrons. The maximum Gasteiger partial charge on any atom is 0.220 e. The number of halogens is 1. The molecule has 0 spiro atoms. The molecule has 6 heteroatoms. The number of nitrogens with one attached hydrogen (secondary N) is 2. The van der Waals surface area contributed by atoms with Gasteiger partial charge >= 0.3 is 0 Å². The number of amides is 1. The number of para-hydroxylation sites is 1. The normalized spacial score (nSPS) is 11.0. The van der Waals surface area contributed by atoms with Crippen molar-refractivity contribution in [2.45, 2.75) is 19.4 Å². The van der Waals surface area contributed by atoms with Gasteiger partial charge in [0.05, 0.1) is 23.5 Å². The van der Waals surface area contributed by atoms with Gasteiger partial charge in [-0.1, -0.05) is 29.8 Å². The molecule has 1 aromatic carbocycles. The minimum absolute atomic E-state index is 0.00236.